The second kappa shape index (κ2) is 8.45. The standard InChI is InChI=1S/C26H29ClN4O3/c27-17-2-8-22(9-3-17)34-26(11-12-26)25(33)30-19-13-20-6-7-21(14-19)31(20)23-10-1-16(15-28-23)24(32)29-18-4-5-18/h1-3,8-10,15,18-21H,4-7,11-14H2,(H,29,32)(H,30,33)/t19?,20-,21+. The number of halogens is 1. The molecule has 2 amide bonds. The molecule has 4 fully saturated rings. The number of nitrogens with one attached hydrogen (secondary N) is 2. The number of amides is 2. The lowest BCUT2D eigenvalue weighted by Gasteiger charge is -2.40. The molecule has 1 aromatic heterocycles. The molecule has 2 saturated carbocycles. The Hall–Kier alpha value is -2.80. The summed E-state index contributed by atoms with van der Waals surface area (Å²) in [5, 5.41) is 6.94. The highest BCUT2D eigenvalue weighted by atomic mass is 35.5. The van der Waals surface area contributed by atoms with E-state index in [1.165, 1.54) is 0 Å². The monoisotopic (exact) mass is 480 g/mol. The SMILES string of the molecule is O=C(NC1CC1)c1ccc(N2[C@@H]3CC[C@H]2CC(NC(=O)C2(Oc4ccc(Cl)cc4)CC2)C3)nc1. The minimum atomic E-state index is -0.748. The summed E-state index contributed by atoms with van der Waals surface area (Å²) in [5.74, 6) is 1.54. The van der Waals surface area contributed by atoms with Gasteiger partial charge in [-0.3, -0.25) is 9.59 Å². The van der Waals surface area contributed by atoms with Crippen LogP contribution in [0.3, 0.4) is 0 Å². The molecule has 4 aliphatic rings. The molecule has 1 unspecified atom stereocenters. The van der Waals surface area contributed by atoms with Crippen LogP contribution in [0.2, 0.25) is 5.02 Å². The average molecular weight is 481 g/mol. The maximum absolute atomic E-state index is 13.1. The summed E-state index contributed by atoms with van der Waals surface area (Å²) in [6.07, 6.45) is 9.27. The molecule has 2 aliphatic carbocycles. The maximum Gasteiger partial charge on any atom is 0.264 e. The van der Waals surface area contributed by atoms with Crippen molar-refractivity contribution in [3.8, 4) is 5.75 Å². The number of fused-ring (bicyclic) bond motifs is 2. The topological polar surface area (TPSA) is 83.6 Å². The lowest BCUT2D eigenvalue weighted by Crippen LogP contribution is -2.53. The van der Waals surface area contributed by atoms with Gasteiger partial charge >= 0.3 is 0 Å². The number of anilines is 1. The van der Waals surface area contributed by atoms with Crippen LogP contribution in [0.25, 0.3) is 0 Å². The van der Waals surface area contributed by atoms with E-state index in [0.717, 1.165) is 57.2 Å². The molecule has 2 aromatic rings. The largest absolute Gasteiger partial charge is 0.477 e. The van der Waals surface area contributed by atoms with Gasteiger partial charge in [-0.1, -0.05) is 11.6 Å². The average Bonchev–Trinajstić information content (AvgIpc) is 3.76. The first-order valence-electron chi connectivity index (χ1n) is 12.3. The van der Waals surface area contributed by atoms with Crippen LogP contribution >= 0.6 is 11.6 Å². The molecule has 1 aromatic carbocycles. The van der Waals surface area contributed by atoms with Gasteiger partial charge in [0.05, 0.1) is 5.56 Å². The first kappa shape index (κ1) is 21.7. The van der Waals surface area contributed by atoms with Gasteiger partial charge in [-0.15, -0.1) is 0 Å². The zero-order valence-corrected chi connectivity index (χ0v) is 19.8. The van der Waals surface area contributed by atoms with E-state index < -0.39 is 5.60 Å². The Balaban J connectivity index is 1.07. The number of carbonyl (C=O) groups is 2. The number of piperidine rings is 1. The lowest BCUT2D eigenvalue weighted by molar-refractivity contribution is -0.130. The molecule has 34 heavy (non-hydrogen) atoms. The highest BCUT2D eigenvalue weighted by molar-refractivity contribution is 6.30. The zero-order chi connectivity index (χ0) is 23.3. The first-order valence-corrected chi connectivity index (χ1v) is 12.7. The predicted molar refractivity (Wildman–Crippen MR) is 129 cm³/mol. The van der Waals surface area contributed by atoms with E-state index >= 15 is 0 Å². The number of carbonyl (C=O) groups excluding carboxylic acids is 2. The van der Waals surface area contributed by atoms with Crippen molar-refractivity contribution in [2.75, 3.05) is 4.90 Å². The fourth-order valence-corrected chi connectivity index (χ4v) is 5.50. The van der Waals surface area contributed by atoms with Crippen LogP contribution in [0.1, 0.15) is 61.7 Å². The minimum Gasteiger partial charge on any atom is -0.477 e. The van der Waals surface area contributed by atoms with Crippen LogP contribution < -0.4 is 20.3 Å². The smallest absolute Gasteiger partial charge is 0.264 e. The molecular formula is C26H29ClN4O3. The van der Waals surface area contributed by atoms with E-state index in [4.69, 9.17) is 16.3 Å². The number of benzene rings is 1. The molecule has 2 saturated heterocycles. The summed E-state index contributed by atoms with van der Waals surface area (Å²) in [6, 6.07) is 12.2. The second-order valence-electron chi connectivity index (χ2n) is 10.1. The van der Waals surface area contributed by atoms with Gasteiger partial charge in [-0.2, -0.15) is 0 Å². The van der Waals surface area contributed by atoms with E-state index in [-0.39, 0.29) is 17.9 Å². The van der Waals surface area contributed by atoms with Crippen molar-refractivity contribution >= 4 is 29.2 Å². The van der Waals surface area contributed by atoms with Gasteiger partial charge in [-0.25, -0.2) is 4.98 Å². The molecule has 3 atom stereocenters. The van der Waals surface area contributed by atoms with Gasteiger partial charge in [0.15, 0.2) is 5.60 Å². The molecule has 6 rings (SSSR count). The van der Waals surface area contributed by atoms with Crippen molar-refractivity contribution in [1.29, 1.82) is 0 Å². The number of nitrogens with zero attached hydrogens (tertiary/aromatic N) is 2. The third kappa shape index (κ3) is 4.33. The molecule has 7 nitrogen and oxygen atoms in total. The summed E-state index contributed by atoms with van der Waals surface area (Å²) in [5.41, 5.74) is -0.136. The van der Waals surface area contributed by atoms with Crippen molar-refractivity contribution in [2.24, 2.45) is 0 Å². The first-order chi connectivity index (χ1) is 16.5. The minimum absolute atomic E-state index is 0.00977. The lowest BCUT2D eigenvalue weighted by atomic mass is 9.96. The van der Waals surface area contributed by atoms with Gasteiger partial charge in [0.2, 0.25) is 0 Å². The van der Waals surface area contributed by atoms with Crippen LogP contribution in [-0.2, 0) is 4.79 Å². The predicted octanol–water partition coefficient (Wildman–Crippen LogP) is 3.85. The summed E-state index contributed by atoms with van der Waals surface area (Å²) in [6.45, 7) is 0. The van der Waals surface area contributed by atoms with Crippen LogP contribution in [0.4, 0.5) is 5.82 Å². The van der Waals surface area contributed by atoms with Crippen LogP contribution in [0.15, 0.2) is 42.6 Å². The number of hydrogen-bond donors (Lipinski definition) is 2. The maximum atomic E-state index is 13.1. The van der Waals surface area contributed by atoms with Crippen molar-refractivity contribution in [3.63, 3.8) is 0 Å². The molecule has 0 radical (unpaired) electrons. The Morgan fingerprint density at radius 2 is 1.65 bits per heavy atom. The molecule has 8 heteroatoms. The molecule has 2 bridgehead atoms. The number of hydrogen-bond acceptors (Lipinski definition) is 5. The van der Waals surface area contributed by atoms with Gasteiger partial charge in [0.25, 0.3) is 11.8 Å². The summed E-state index contributed by atoms with van der Waals surface area (Å²) >= 11 is 5.96. The number of rotatable bonds is 7. The Labute approximate surface area is 204 Å². The fraction of sp³-hybridized carbons (Fsp3) is 0.500. The molecule has 178 valence electrons. The van der Waals surface area contributed by atoms with Gasteiger partial charge in [0, 0.05) is 48.2 Å². The number of ether oxygens (including phenoxy) is 1. The molecule has 2 aliphatic heterocycles. The quantitative estimate of drug-likeness (QED) is 0.628. The van der Waals surface area contributed by atoms with Gasteiger partial charge < -0.3 is 20.3 Å². The van der Waals surface area contributed by atoms with Crippen LogP contribution in [0, 0.1) is 0 Å². The van der Waals surface area contributed by atoms with Gasteiger partial charge in [-0.05, 0) is 74.9 Å². The Kier molecular flexibility index (Phi) is 5.40. The molecule has 2 N–H and O–H groups in total. The van der Waals surface area contributed by atoms with E-state index in [2.05, 4.69) is 20.5 Å². The van der Waals surface area contributed by atoms with E-state index in [1.807, 2.05) is 24.3 Å². The highest BCUT2D eigenvalue weighted by Crippen LogP contribution is 2.42. The highest BCUT2D eigenvalue weighted by Gasteiger charge is 2.54. The van der Waals surface area contributed by atoms with Crippen LogP contribution in [0.5, 0.6) is 5.75 Å². The molecular weight excluding hydrogens is 452 g/mol. The summed E-state index contributed by atoms with van der Waals surface area (Å²) < 4.78 is 6.07. The van der Waals surface area contributed by atoms with Crippen molar-refractivity contribution in [2.45, 2.75) is 81.1 Å². The van der Waals surface area contributed by atoms with Gasteiger partial charge in [0.1, 0.15) is 11.6 Å². The van der Waals surface area contributed by atoms with E-state index in [1.54, 1.807) is 18.3 Å². The van der Waals surface area contributed by atoms with Crippen LogP contribution in [-0.4, -0.2) is 46.6 Å². The Morgan fingerprint density at radius 1 is 0.941 bits per heavy atom. The van der Waals surface area contributed by atoms with Crippen molar-refractivity contribution < 1.29 is 14.3 Å². The Bertz CT molecular complexity index is 1070. The molecule has 3 heterocycles. The second-order valence-corrected chi connectivity index (χ2v) is 10.6. The van der Waals surface area contributed by atoms with E-state index in [0.29, 0.717) is 34.5 Å². The Morgan fingerprint density at radius 3 is 2.24 bits per heavy atom. The van der Waals surface area contributed by atoms with E-state index in [9.17, 15) is 9.59 Å². The van der Waals surface area contributed by atoms with Crippen molar-refractivity contribution in [3.05, 3.63) is 53.2 Å². The summed E-state index contributed by atoms with van der Waals surface area (Å²) in [4.78, 5) is 32.4. The normalized spacial score (nSPS) is 26.6. The number of pyridine rings is 1. The zero-order valence-electron chi connectivity index (χ0n) is 19.0. The van der Waals surface area contributed by atoms with Crippen molar-refractivity contribution in [1.82, 2.24) is 15.6 Å². The third-order valence-corrected chi connectivity index (χ3v) is 7.75. The summed E-state index contributed by atoms with van der Waals surface area (Å²) in [7, 11) is 0. The fourth-order valence-electron chi connectivity index (χ4n) is 5.37. The molecule has 0 spiro atoms. The third-order valence-electron chi connectivity index (χ3n) is 7.50. The number of aromatic nitrogens is 1.